The molecule has 0 saturated carbocycles. The first-order chi connectivity index (χ1) is 12.2. The first kappa shape index (κ1) is 15.4. The molecule has 0 amide bonds. The number of halogens is 1. The number of hydrogen-bond donors (Lipinski definition) is 2. The summed E-state index contributed by atoms with van der Waals surface area (Å²) in [5.41, 5.74) is 3.29. The second-order valence-corrected chi connectivity index (χ2v) is 6.04. The molecule has 4 aromatic rings. The van der Waals surface area contributed by atoms with Crippen LogP contribution < -0.4 is 5.32 Å². The Kier molecular flexibility index (Phi) is 3.96. The van der Waals surface area contributed by atoms with Crippen LogP contribution in [-0.2, 0) is 0 Å². The summed E-state index contributed by atoms with van der Waals surface area (Å²) < 4.78 is 0. The van der Waals surface area contributed by atoms with Crippen LogP contribution in [0.1, 0.15) is 0 Å². The van der Waals surface area contributed by atoms with E-state index in [4.69, 9.17) is 11.6 Å². The molecular weight excluding hydrogens is 334 g/mol. The van der Waals surface area contributed by atoms with Crippen molar-refractivity contribution >= 4 is 34.1 Å². The number of phenols is 1. The Balaban J connectivity index is 1.88. The van der Waals surface area contributed by atoms with Gasteiger partial charge in [-0.25, -0.2) is 9.97 Å². The fourth-order valence-corrected chi connectivity index (χ4v) is 2.86. The van der Waals surface area contributed by atoms with Gasteiger partial charge in [-0.1, -0.05) is 48.0 Å². The van der Waals surface area contributed by atoms with Crippen LogP contribution in [0.3, 0.4) is 0 Å². The molecule has 5 heteroatoms. The number of hydrogen-bond acceptors (Lipinski definition) is 4. The number of fused-ring (bicyclic) bond motifs is 1. The molecule has 0 atom stereocenters. The molecule has 3 aromatic carbocycles. The van der Waals surface area contributed by atoms with Crippen molar-refractivity contribution in [3.05, 3.63) is 77.8 Å². The van der Waals surface area contributed by atoms with Crippen molar-refractivity contribution in [1.82, 2.24) is 9.97 Å². The molecule has 0 aliphatic heterocycles. The van der Waals surface area contributed by atoms with E-state index in [1.807, 2.05) is 54.6 Å². The third-order valence-corrected chi connectivity index (χ3v) is 4.04. The van der Waals surface area contributed by atoms with Gasteiger partial charge in [0.25, 0.3) is 0 Å². The maximum Gasteiger partial charge on any atom is 0.228 e. The molecule has 0 fully saturated rings. The Morgan fingerprint density at radius 3 is 2.48 bits per heavy atom. The van der Waals surface area contributed by atoms with Gasteiger partial charge in [-0.05, 0) is 30.3 Å². The van der Waals surface area contributed by atoms with Crippen molar-refractivity contribution in [1.29, 1.82) is 0 Å². The Hall–Kier alpha value is -3.11. The topological polar surface area (TPSA) is 58.0 Å². The minimum atomic E-state index is 0.181. The zero-order valence-electron chi connectivity index (χ0n) is 13.1. The fourth-order valence-electron chi connectivity index (χ4n) is 2.69. The van der Waals surface area contributed by atoms with Crippen molar-refractivity contribution in [2.24, 2.45) is 0 Å². The molecule has 0 bridgehead atoms. The van der Waals surface area contributed by atoms with Crippen LogP contribution in [0.25, 0.3) is 22.2 Å². The van der Waals surface area contributed by atoms with Gasteiger partial charge < -0.3 is 10.4 Å². The van der Waals surface area contributed by atoms with Gasteiger partial charge in [0.05, 0.1) is 11.2 Å². The zero-order valence-corrected chi connectivity index (χ0v) is 13.9. The van der Waals surface area contributed by atoms with Crippen molar-refractivity contribution in [3.8, 4) is 17.0 Å². The van der Waals surface area contributed by atoms with Crippen LogP contribution in [-0.4, -0.2) is 15.1 Å². The number of aromatic hydroxyl groups is 1. The van der Waals surface area contributed by atoms with E-state index in [0.29, 0.717) is 16.7 Å². The van der Waals surface area contributed by atoms with Crippen LogP contribution >= 0.6 is 11.6 Å². The predicted molar refractivity (Wildman–Crippen MR) is 101 cm³/mol. The zero-order chi connectivity index (χ0) is 17.2. The summed E-state index contributed by atoms with van der Waals surface area (Å²) in [5, 5.41) is 14.3. The number of nitrogens with one attached hydrogen (secondary N) is 1. The average Bonchev–Trinajstić information content (AvgIpc) is 2.62. The molecule has 2 N–H and O–H groups in total. The van der Waals surface area contributed by atoms with Gasteiger partial charge in [-0.3, -0.25) is 0 Å². The molecule has 1 aromatic heterocycles. The van der Waals surface area contributed by atoms with Gasteiger partial charge in [0.2, 0.25) is 5.95 Å². The van der Waals surface area contributed by atoms with Gasteiger partial charge in [-0.2, -0.15) is 0 Å². The monoisotopic (exact) mass is 347 g/mol. The van der Waals surface area contributed by atoms with Gasteiger partial charge in [0, 0.05) is 27.7 Å². The normalized spacial score (nSPS) is 10.8. The molecule has 4 rings (SSSR count). The molecule has 0 saturated heterocycles. The standard InChI is InChI=1S/C20H14ClN3O/c21-14-9-10-18-17(11-14)19(13-5-2-1-3-6-13)24-20(23-18)22-15-7-4-8-16(25)12-15/h1-12,25H,(H,22,23,24). The van der Waals surface area contributed by atoms with Crippen LogP contribution in [0.15, 0.2) is 72.8 Å². The average molecular weight is 348 g/mol. The SMILES string of the molecule is Oc1cccc(Nc2nc(-c3ccccc3)c3cc(Cl)ccc3n2)c1. The molecule has 4 nitrogen and oxygen atoms in total. The Labute approximate surface area is 149 Å². The highest BCUT2D eigenvalue weighted by Crippen LogP contribution is 2.30. The maximum absolute atomic E-state index is 9.63. The van der Waals surface area contributed by atoms with Gasteiger partial charge in [-0.15, -0.1) is 0 Å². The lowest BCUT2D eigenvalue weighted by molar-refractivity contribution is 0.475. The number of rotatable bonds is 3. The summed E-state index contributed by atoms with van der Waals surface area (Å²) >= 11 is 6.17. The molecule has 0 aliphatic carbocycles. The highest BCUT2D eigenvalue weighted by Gasteiger charge is 2.11. The summed E-state index contributed by atoms with van der Waals surface area (Å²) in [6.07, 6.45) is 0. The van der Waals surface area contributed by atoms with E-state index < -0.39 is 0 Å². The molecule has 122 valence electrons. The maximum atomic E-state index is 9.63. The third-order valence-electron chi connectivity index (χ3n) is 3.81. The third kappa shape index (κ3) is 3.25. The Bertz CT molecular complexity index is 1050. The minimum Gasteiger partial charge on any atom is -0.508 e. The van der Waals surface area contributed by atoms with Gasteiger partial charge >= 0.3 is 0 Å². The first-order valence-electron chi connectivity index (χ1n) is 7.78. The number of phenolic OH excluding ortho intramolecular Hbond substituents is 1. The second kappa shape index (κ2) is 6.42. The van der Waals surface area contributed by atoms with Crippen molar-refractivity contribution in [2.45, 2.75) is 0 Å². The van der Waals surface area contributed by atoms with Gasteiger partial charge in [0.1, 0.15) is 5.75 Å². The van der Waals surface area contributed by atoms with E-state index in [9.17, 15) is 5.11 Å². The second-order valence-electron chi connectivity index (χ2n) is 5.60. The smallest absolute Gasteiger partial charge is 0.228 e. The van der Waals surface area contributed by atoms with E-state index in [2.05, 4.69) is 15.3 Å². The lowest BCUT2D eigenvalue weighted by atomic mass is 10.1. The molecule has 0 unspecified atom stereocenters. The lowest BCUT2D eigenvalue weighted by Gasteiger charge is -2.11. The minimum absolute atomic E-state index is 0.181. The van der Waals surface area contributed by atoms with E-state index in [1.165, 1.54) is 0 Å². The van der Waals surface area contributed by atoms with Crippen LogP contribution in [0.5, 0.6) is 5.75 Å². The summed E-state index contributed by atoms with van der Waals surface area (Å²) in [5.74, 6) is 0.639. The number of anilines is 2. The number of nitrogens with zero attached hydrogens (tertiary/aromatic N) is 2. The molecule has 25 heavy (non-hydrogen) atoms. The van der Waals surface area contributed by atoms with E-state index >= 15 is 0 Å². The van der Waals surface area contributed by atoms with Crippen LogP contribution in [0.4, 0.5) is 11.6 Å². The highest BCUT2D eigenvalue weighted by atomic mass is 35.5. The summed E-state index contributed by atoms with van der Waals surface area (Å²) in [7, 11) is 0. The Morgan fingerprint density at radius 1 is 0.840 bits per heavy atom. The van der Waals surface area contributed by atoms with E-state index in [1.54, 1.807) is 18.2 Å². The molecule has 0 spiro atoms. The predicted octanol–water partition coefficient (Wildman–Crippen LogP) is 5.40. The largest absolute Gasteiger partial charge is 0.508 e. The van der Waals surface area contributed by atoms with Crippen molar-refractivity contribution in [2.75, 3.05) is 5.32 Å². The van der Waals surface area contributed by atoms with Crippen LogP contribution in [0.2, 0.25) is 5.02 Å². The van der Waals surface area contributed by atoms with E-state index in [-0.39, 0.29) is 5.75 Å². The first-order valence-corrected chi connectivity index (χ1v) is 8.16. The van der Waals surface area contributed by atoms with Crippen molar-refractivity contribution < 1.29 is 5.11 Å². The quantitative estimate of drug-likeness (QED) is 0.521. The lowest BCUT2D eigenvalue weighted by Crippen LogP contribution is -1.99. The summed E-state index contributed by atoms with van der Waals surface area (Å²) in [6, 6.07) is 22.3. The molecule has 1 heterocycles. The van der Waals surface area contributed by atoms with E-state index in [0.717, 1.165) is 22.2 Å². The van der Waals surface area contributed by atoms with Crippen LogP contribution in [0, 0.1) is 0 Å². The number of aromatic nitrogens is 2. The van der Waals surface area contributed by atoms with Gasteiger partial charge in [0.15, 0.2) is 0 Å². The summed E-state index contributed by atoms with van der Waals surface area (Å²) in [6.45, 7) is 0. The number of benzene rings is 3. The highest BCUT2D eigenvalue weighted by molar-refractivity contribution is 6.31. The summed E-state index contributed by atoms with van der Waals surface area (Å²) in [4.78, 5) is 9.24. The Morgan fingerprint density at radius 2 is 1.68 bits per heavy atom. The van der Waals surface area contributed by atoms with Crippen molar-refractivity contribution in [3.63, 3.8) is 0 Å². The molecule has 0 radical (unpaired) electrons. The molecular formula is C20H14ClN3O. The molecule has 0 aliphatic rings. The fraction of sp³-hybridized carbons (Fsp3) is 0.